The van der Waals surface area contributed by atoms with Gasteiger partial charge in [-0.1, -0.05) is 0 Å². The monoisotopic (exact) mass is 277 g/mol. The maximum atomic E-state index is 8.89. The van der Waals surface area contributed by atoms with Gasteiger partial charge in [0.25, 0.3) is 0 Å². The summed E-state index contributed by atoms with van der Waals surface area (Å²) in [6, 6.07) is 0. The van der Waals surface area contributed by atoms with Gasteiger partial charge >= 0.3 is 33.8 Å². The predicted molar refractivity (Wildman–Crippen MR) is 21.2 cm³/mol. The number of aliphatic carboxylic acids is 1. The molecule has 0 saturated heterocycles. The molecule has 11 heavy (non-hydrogen) atoms. The van der Waals surface area contributed by atoms with Crippen molar-refractivity contribution in [2.45, 2.75) is 6.92 Å². The molecule has 0 N–H and O–H groups in total. The second kappa shape index (κ2) is 10.4. The Morgan fingerprint density at radius 1 is 1.27 bits per heavy atom. The summed E-state index contributed by atoms with van der Waals surface area (Å²) in [7, 11) is -5.17. The summed E-state index contributed by atoms with van der Waals surface area (Å²) in [5, 5.41) is 8.89. The fraction of sp³-hybridized carbons (Fsp3) is 0.500. The van der Waals surface area contributed by atoms with Crippen LogP contribution in [0, 0.1) is 0 Å². The van der Waals surface area contributed by atoms with Crippen molar-refractivity contribution in [3.05, 3.63) is 0 Å². The first-order chi connectivity index (χ1) is 3.73. The number of carboxylic acids is 1. The van der Waals surface area contributed by atoms with Gasteiger partial charge in [-0.2, -0.15) is 0 Å². The van der Waals surface area contributed by atoms with Crippen molar-refractivity contribution in [2.75, 3.05) is 0 Å². The van der Waals surface area contributed by atoms with Crippen molar-refractivity contribution >= 4 is 16.4 Å². The number of carbonyl (C=O) groups excluding carboxylic acids is 1. The molecular weight excluding hydrogens is 275 g/mol. The smallest absolute Gasteiger partial charge is 0.759 e. The van der Waals surface area contributed by atoms with Gasteiger partial charge in [0.1, 0.15) is 0 Å². The molecule has 0 aliphatic rings. The Kier molecular flexibility index (Phi) is 21.2. The molecule has 0 aliphatic heterocycles. The van der Waals surface area contributed by atoms with Crippen LogP contribution in [0.3, 0.4) is 0 Å². The first-order valence-corrected chi connectivity index (χ1v) is 2.91. The maximum Gasteiger partial charge on any atom is 2.00 e. The Morgan fingerprint density at radius 3 is 1.27 bits per heavy atom. The molecule has 0 heterocycles. The van der Waals surface area contributed by atoms with E-state index in [1.807, 2.05) is 0 Å². The average molecular weight is 278 g/mol. The van der Waals surface area contributed by atoms with Crippen molar-refractivity contribution in [2.24, 2.45) is 0 Å². The SMILES string of the molecule is CC(=O)[O-].O=S(=O)([O-])[O-].[Co+2].[Cu+2]. The van der Waals surface area contributed by atoms with Crippen molar-refractivity contribution in [1.29, 1.82) is 0 Å². The predicted octanol–water partition coefficient (Wildman–Crippen LogP) is -2.59. The summed E-state index contributed by atoms with van der Waals surface area (Å²) in [5.74, 6) is -1.08. The van der Waals surface area contributed by atoms with E-state index in [4.69, 9.17) is 27.4 Å². The number of carbonyl (C=O) groups is 1. The quantitative estimate of drug-likeness (QED) is 0.272. The number of hydrogen-bond acceptors (Lipinski definition) is 6. The van der Waals surface area contributed by atoms with Crippen LogP contribution in [0.5, 0.6) is 0 Å². The molecule has 6 nitrogen and oxygen atoms in total. The van der Waals surface area contributed by atoms with Crippen LogP contribution in [0.2, 0.25) is 0 Å². The normalized spacial score (nSPS) is 7.55. The third-order valence-corrected chi connectivity index (χ3v) is 0. The third-order valence-electron chi connectivity index (χ3n) is 0. The Labute approximate surface area is 84.6 Å². The van der Waals surface area contributed by atoms with E-state index in [9.17, 15) is 0 Å². The van der Waals surface area contributed by atoms with Crippen molar-refractivity contribution < 1.29 is 61.3 Å². The van der Waals surface area contributed by atoms with Crippen LogP contribution >= 0.6 is 0 Å². The molecule has 72 valence electrons. The molecule has 0 unspecified atom stereocenters. The van der Waals surface area contributed by atoms with E-state index in [1.165, 1.54) is 0 Å². The topological polar surface area (TPSA) is 120 Å². The molecule has 0 saturated carbocycles. The van der Waals surface area contributed by atoms with E-state index < -0.39 is 16.4 Å². The Bertz CT molecular complexity index is 163. The van der Waals surface area contributed by atoms with E-state index in [-0.39, 0.29) is 33.8 Å². The van der Waals surface area contributed by atoms with E-state index in [0.29, 0.717) is 0 Å². The Balaban J connectivity index is -0.0000000383. The third kappa shape index (κ3) is 5420. The molecule has 0 rings (SSSR count). The van der Waals surface area contributed by atoms with E-state index in [1.54, 1.807) is 0 Å². The minimum atomic E-state index is -5.17. The summed E-state index contributed by atoms with van der Waals surface area (Å²) >= 11 is 0. The molecule has 0 spiro atoms. The van der Waals surface area contributed by atoms with Gasteiger partial charge < -0.3 is 19.0 Å². The maximum absolute atomic E-state index is 8.89. The summed E-state index contributed by atoms with van der Waals surface area (Å²) in [5.41, 5.74) is 0. The second-order valence-corrected chi connectivity index (χ2v) is 1.72. The minimum absolute atomic E-state index is 0. The van der Waals surface area contributed by atoms with Gasteiger partial charge in [-0.05, 0) is 6.92 Å². The van der Waals surface area contributed by atoms with E-state index >= 15 is 0 Å². The molecule has 2 radical (unpaired) electrons. The van der Waals surface area contributed by atoms with E-state index in [0.717, 1.165) is 6.92 Å². The molecule has 0 aliphatic carbocycles. The minimum Gasteiger partial charge on any atom is -0.759 e. The first-order valence-electron chi connectivity index (χ1n) is 1.57. The van der Waals surface area contributed by atoms with Crippen LogP contribution < -0.4 is 5.11 Å². The van der Waals surface area contributed by atoms with Gasteiger partial charge in [-0.25, -0.2) is 0 Å². The van der Waals surface area contributed by atoms with Crippen molar-refractivity contribution in [1.82, 2.24) is 0 Å². The van der Waals surface area contributed by atoms with Crippen LogP contribution in [-0.2, 0) is 49.0 Å². The average Bonchev–Trinajstić information content (AvgIpc) is 1.19. The fourth-order valence-electron chi connectivity index (χ4n) is 0. The van der Waals surface area contributed by atoms with E-state index in [2.05, 4.69) is 0 Å². The van der Waals surface area contributed by atoms with Crippen LogP contribution in [0.1, 0.15) is 6.92 Å². The standard InChI is InChI=1S/C2H4O2.Co.Cu.H2O4S/c1-2(3)4;;;1-5(2,3)4/h1H3,(H,3,4);;;(H2,1,2,3,4)/q;2*+2;/p-3. The van der Waals surface area contributed by atoms with Crippen molar-refractivity contribution in [3.63, 3.8) is 0 Å². The number of carboxylic acid groups (broad SMARTS) is 1. The van der Waals surface area contributed by atoms with Crippen LogP contribution in [0.15, 0.2) is 0 Å². The molecule has 0 aromatic carbocycles. The molecule has 0 aromatic heterocycles. The van der Waals surface area contributed by atoms with Gasteiger partial charge in [-0.3, -0.25) is 8.42 Å². The summed E-state index contributed by atoms with van der Waals surface area (Å²) < 4.78 is 34.1. The van der Waals surface area contributed by atoms with Gasteiger partial charge in [-0.15, -0.1) is 0 Å². The summed E-state index contributed by atoms with van der Waals surface area (Å²) in [6.07, 6.45) is 0. The molecule has 9 heteroatoms. The van der Waals surface area contributed by atoms with Gasteiger partial charge in [0, 0.05) is 16.4 Å². The molecule has 0 fully saturated rings. The molecule has 0 amide bonds. The Morgan fingerprint density at radius 2 is 1.27 bits per heavy atom. The zero-order chi connectivity index (χ0) is 8.08. The fourth-order valence-corrected chi connectivity index (χ4v) is 0. The van der Waals surface area contributed by atoms with Gasteiger partial charge in [0.2, 0.25) is 0 Å². The Hall–Kier alpha value is 0.366. The van der Waals surface area contributed by atoms with Crippen LogP contribution in [0.4, 0.5) is 0 Å². The van der Waals surface area contributed by atoms with Gasteiger partial charge in [0.05, 0.1) is 0 Å². The van der Waals surface area contributed by atoms with Crippen LogP contribution in [-0.4, -0.2) is 23.5 Å². The largest absolute Gasteiger partial charge is 2.00 e. The zero-order valence-corrected chi connectivity index (χ0v) is 7.79. The van der Waals surface area contributed by atoms with Gasteiger partial charge in [0.15, 0.2) is 0 Å². The van der Waals surface area contributed by atoms with Crippen LogP contribution in [0.25, 0.3) is 0 Å². The molecule has 0 bridgehead atoms. The molecule has 0 atom stereocenters. The zero-order valence-electron chi connectivity index (χ0n) is 4.99. The first kappa shape index (κ1) is 22.5. The summed E-state index contributed by atoms with van der Waals surface area (Å²) in [6.45, 7) is 0.972. The summed E-state index contributed by atoms with van der Waals surface area (Å²) in [4.78, 5) is 8.89. The second-order valence-electron chi connectivity index (χ2n) is 0.900. The molecule has 0 aromatic rings. The van der Waals surface area contributed by atoms with Crippen molar-refractivity contribution in [3.8, 4) is 0 Å². The number of hydrogen-bond donors (Lipinski definition) is 0. The number of rotatable bonds is 0. The molecular formula is C2H3CoCuO6S+.